The Morgan fingerprint density at radius 3 is 2.89 bits per heavy atom. The topological polar surface area (TPSA) is 53.1 Å². The van der Waals surface area contributed by atoms with Crippen LogP contribution in [0.3, 0.4) is 0 Å². The molecule has 0 spiro atoms. The Bertz CT molecular complexity index is 559. The van der Waals surface area contributed by atoms with Crippen molar-refractivity contribution >= 4 is 0 Å². The summed E-state index contributed by atoms with van der Waals surface area (Å²) in [7, 11) is 1.68. The largest absolute Gasteiger partial charge is 0.497 e. The van der Waals surface area contributed by atoms with Gasteiger partial charge in [-0.05, 0) is 24.1 Å². The summed E-state index contributed by atoms with van der Waals surface area (Å²) in [5.41, 5.74) is 8.35. The van der Waals surface area contributed by atoms with Gasteiger partial charge < -0.3 is 15.0 Å². The predicted octanol–water partition coefficient (Wildman–Crippen LogP) is 1.76. The molecule has 1 atom stereocenters. The number of benzene rings is 1. The lowest BCUT2D eigenvalue weighted by Crippen LogP contribution is -2.31. The van der Waals surface area contributed by atoms with Gasteiger partial charge in [-0.15, -0.1) is 0 Å². The smallest absolute Gasteiger partial charge is 0.118 e. The van der Waals surface area contributed by atoms with Crippen LogP contribution in [0.1, 0.15) is 23.5 Å². The zero-order valence-electron chi connectivity index (χ0n) is 11.2. The standard InChI is InChI=1S/C15H19N3O/c1-19-14-5-2-11(3-6-14)8-13-10-18-9-12(16)4-7-15(18)17-13/h2-3,5-6,10,12H,4,7-9,16H2,1H3. The highest BCUT2D eigenvalue weighted by atomic mass is 16.5. The van der Waals surface area contributed by atoms with Crippen molar-refractivity contribution in [3.8, 4) is 5.75 Å². The van der Waals surface area contributed by atoms with Gasteiger partial charge in [0.15, 0.2) is 0 Å². The van der Waals surface area contributed by atoms with E-state index in [1.165, 1.54) is 11.4 Å². The summed E-state index contributed by atoms with van der Waals surface area (Å²) in [6.07, 6.45) is 5.03. The zero-order valence-corrected chi connectivity index (χ0v) is 11.2. The third-order valence-electron chi connectivity index (χ3n) is 3.62. The molecule has 4 nitrogen and oxygen atoms in total. The van der Waals surface area contributed by atoms with E-state index in [0.717, 1.165) is 37.3 Å². The fourth-order valence-corrected chi connectivity index (χ4v) is 2.57. The first-order valence-electron chi connectivity index (χ1n) is 6.68. The van der Waals surface area contributed by atoms with E-state index in [1.807, 2.05) is 12.1 Å². The van der Waals surface area contributed by atoms with Gasteiger partial charge in [0.05, 0.1) is 12.8 Å². The van der Waals surface area contributed by atoms with Gasteiger partial charge in [0.25, 0.3) is 0 Å². The highest BCUT2D eigenvalue weighted by Crippen LogP contribution is 2.18. The summed E-state index contributed by atoms with van der Waals surface area (Å²) >= 11 is 0. The number of nitrogens with zero attached hydrogens (tertiary/aromatic N) is 2. The molecule has 19 heavy (non-hydrogen) atoms. The van der Waals surface area contributed by atoms with Gasteiger partial charge in [0.2, 0.25) is 0 Å². The van der Waals surface area contributed by atoms with Gasteiger partial charge in [-0.1, -0.05) is 12.1 Å². The molecule has 0 saturated carbocycles. The van der Waals surface area contributed by atoms with Crippen molar-refractivity contribution in [1.82, 2.24) is 9.55 Å². The van der Waals surface area contributed by atoms with E-state index in [1.54, 1.807) is 7.11 Å². The number of aryl methyl sites for hydroxylation is 1. The minimum absolute atomic E-state index is 0.274. The molecule has 1 aliphatic heterocycles. The Kier molecular flexibility index (Phi) is 3.25. The first-order chi connectivity index (χ1) is 9.24. The van der Waals surface area contributed by atoms with Gasteiger partial charge in [0, 0.05) is 31.6 Å². The molecule has 1 aromatic heterocycles. The Morgan fingerprint density at radius 1 is 1.37 bits per heavy atom. The Labute approximate surface area is 113 Å². The van der Waals surface area contributed by atoms with Crippen molar-refractivity contribution in [2.45, 2.75) is 31.8 Å². The number of ether oxygens (including phenoxy) is 1. The molecule has 2 heterocycles. The third-order valence-corrected chi connectivity index (χ3v) is 3.62. The van der Waals surface area contributed by atoms with Crippen molar-refractivity contribution in [1.29, 1.82) is 0 Å². The molecule has 2 N–H and O–H groups in total. The fourth-order valence-electron chi connectivity index (χ4n) is 2.57. The van der Waals surface area contributed by atoms with Gasteiger partial charge in [-0.3, -0.25) is 0 Å². The molecule has 4 heteroatoms. The van der Waals surface area contributed by atoms with Crippen LogP contribution in [-0.2, 0) is 19.4 Å². The molecule has 0 fully saturated rings. The summed E-state index contributed by atoms with van der Waals surface area (Å²) in [5.74, 6) is 2.06. The number of fused-ring (bicyclic) bond motifs is 1. The second kappa shape index (κ2) is 5.05. The lowest BCUT2D eigenvalue weighted by atomic mass is 10.1. The van der Waals surface area contributed by atoms with Gasteiger partial charge in [-0.2, -0.15) is 0 Å². The maximum absolute atomic E-state index is 5.98. The molecule has 100 valence electrons. The molecular formula is C15H19N3O. The first-order valence-corrected chi connectivity index (χ1v) is 6.68. The van der Waals surface area contributed by atoms with Gasteiger partial charge in [0.1, 0.15) is 11.6 Å². The van der Waals surface area contributed by atoms with E-state index in [-0.39, 0.29) is 6.04 Å². The molecule has 0 aliphatic carbocycles. The molecule has 0 saturated heterocycles. The molecule has 1 aromatic carbocycles. The third kappa shape index (κ3) is 2.63. The van der Waals surface area contributed by atoms with Crippen LogP contribution in [0, 0.1) is 0 Å². The highest BCUT2D eigenvalue weighted by Gasteiger charge is 2.17. The van der Waals surface area contributed by atoms with Crippen LogP contribution in [0.2, 0.25) is 0 Å². The molecule has 2 aromatic rings. The normalized spacial score (nSPS) is 18.1. The van der Waals surface area contributed by atoms with Crippen LogP contribution >= 0.6 is 0 Å². The SMILES string of the molecule is COc1ccc(Cc2cn3c(n2)CCC(N)C3)cc1. The quantitative estimate of drug-likeness (QED) is 0.911. The summed E-state index contributed by atoms with van der Waals surface area (Å²) in [6, 6.07) is 8.42. The highest BCUT2D eigenvalue weighted by molar-refractivity contribution is 5.29. The lowest BCUT2D eigenvalue weighted by molar-refractivity contribution is 0.414. The van der Waals surface area contributed by atoms with Crippen LogP contribution in [0.5, 0.6) is 5.75 Å². The zero-order chi connectivity index (χ0) is 13.2. The number of hydrogen-bond acceptors (Lipinski definition) is 3. The molecule has 3 rings (SSSR count). The van der Waals surface area contributed by atoms with E-state index in [9.17, 15) is 0 Å². The van der Waals surface area contributed by atoms with Crippen LogP contribution in [-0.4, -0.2) is 22.7 Å². The van der Waals surface area contributed by atoms with E-state index < -0.39 is 0 Å². The summed E-state index contributed by atoms with van der Waals surface area (Å²) in [5, 5.41) is 0. The van der Waals surface area contributed by atoms with E-state index in [0.29, 0.717) is 0 Å². The second-order valence-corrected chi connectivity index (χ2v) is 5.12. The maximum Gasteiger partial charge on any atom is 0.118 e. The van der Waals surface area contributed by atoms with Crippen LogP contribution in [0.15, 0.2) is 30.5 Å². The molecule has 0 bridgehead atoms. The lowest BCUT2D eigenvalue weighted by Gasteiger charge is -2.19. The fraction of sp³-hybridized carbons (Fsp3) is 0.400. The van der Waals surface area contributed by atoms with Crippen LogP contribution in [0.25, 0.3) is 0 Å². The summed E-state index contributed by atoms with van der Waals surface area (Å²) in [6.45, 7) is 0.894. The number of nitrogens with two attached hydrogens (primary N) is 1. The Balaban J connectivity index is 1.76. The van der Waals surface area contributed by atoms with Crippen molar-refractivity contribution in [3.63, 3.8) is 0 Å². The van der Waals surface area contributed by atoms with Crippen molar-refractivity contribution in [3.05, 3.63) is 47.5 Å². The minimum Gasteiger partial charge on any atom is -0.497 e. The second-order valence-electron chi connectivity index (χ2n) is 5.12. The predicted molar refractivity (Wildman–Crippen MR) is 74.3 cm³/mol. The molecule has 0 radical (unpaired) electrons. The number of aromatic nitrogens is 2. The number of hydrogen-bond donors (Lipinski definition) is 1. The molecular weight excluding hydrogens is 238 g/mol. The average molecular weight is 257 g/mol. The van der Waals surface area contributed by atoms with Crippen LogP contribution < -0.4 is 10.5 Å². The number of methoxy groups -OCH3 is 1. The Hall–Kier alpha value is -1.81. The van der Waals surface area contributed by atoms with Crippen molar-refractivity contribution < 1.29 is 4.74 Å². The van der Waals surface area contributed by atoms with Gasteiger partial charge in [-0.25, -0.2) is 4.98 Å². The average Bonchev–Trinajstić information content (AvgIpc) is 2.81. The van der Waals surface area contributed by atoms with E-state index >= 15 is 0 Å². The maximum atomic E-state index is 5.98. The van der Waals surface area contributed by atoms with E-state index in [4.69, 9.17) is 15.5 Å². The van der Waals surface area contributed by atoms with Crippen LogP contribution in [0.4, 0.5) is 0 Å². The summed E-state index contributed by atoms with van der Waals surface area (Å²) in [4.78, 5) is 4.70. The Morgan fingerprint density at radius 2 is 2.16 bits per heavy atom. The first kappa shape index (κ1) is 12.2. The van der Waals surface area contributed by atoms with Crippen molar-refractivity contribution in [2.75, 3.05) is 7.11 Å². The molecule has 1 aliphatic rings. The molecule has 0 amide bonds. The van der Waals surface area contributed by atoms with Crippen molar-refractivity contribution in [2.24, 2.45) is 5.73 Å². The van der Waals surface area contributed by atoms with E-state index in [2.05, 4.69) is 22.9 Å². The minimum atomic E-state index is 0.274. The van der Waals surface area contributed by atoms with Gasteiger partial charge >= 0.3 is 0 Å². The number of rotatable bonds is 3. The number of imidazole rings is 1. The monoisotopic (exact) mass is 257 g/mol. The molecule has 1 unspecified atom stereocenters. The summed E-state index contributed by atoms with van der Waals surface area (Å²) < 4.78 is 7.37.